The Hall–Kier alpha value is -2.56. The Morgan fingerprint density at radius 3 is 2.39 bits per heavy atom. The molecule has 4 heteroatoms. The van der Waals surface area contributed by atoms with Crippen LogP contribution in [0.1, 0.15) is 25.0 Å². The van der Waals surface area contributed by atoms with Crippen molar-refractivity contribution in [3.05, 3.63) is 71.8 Å². The molecule has 0 amide bonds. The van der Waals surface area contributed by atoms with Crippen molar-refractivity contribution in [1.82, 2.24) is 5.32 Å². The molecule has 28 heavy (non-hydrogen) atoms. The number of methoxy groups -OCH3 is 1. The van der Waals surface area contributed by atoms with Crippen LogP contribution in [-0.4, -0.2) is 26.4 Å². The predicted octanol–water partition coefficient (Wildman–Crippen LogP) is 4.94. The Morgan fingerprint density at radius 2 is 1.64 bits per heavy atom. The second-order valence-corrected chi connectivity index (χ2v) is 7.02. The van der Waals surface area contributed by atoms with E-state index in [9.17, 15) is 0 Å². The molecule has 1 N–H and O–H groups in total. The molecule has 0 unspecified atom stereocenters. The lowest BCUT2D eigenvalue weighted by atomic mass is 10.0. The average molecular weight is 380 g/mol. The van der Waals surface area contributed by atoms with E-state index in [4.69, 9.17) is 14.2 Å². The van der Waals surface area contributed by atoms with E-state index in [1.165, 1.54) is 21.9 Å². The maximum Gasteiger partial charge on any atom is 0.124 e. The molecule has 0 aliphatic carbocycles. The van der Waals surface area contributed by atoms with Crippen LogP contribution in [0, 0.1) is 0 Å². The van der Waals surface area contributed by atoms with Crippen LogP contribution in [0.2, 0.25) is 0 Å². The van der Waals surface area contributed by atoms with Gasteiger partial charge in [0.15, 0.2) is 0 Å². The number of hydrogen-bond acceptors (Lipinski definition) is 4. The summed E-state index contributed by atoms with van der Waals surface area (Å²) >= 11 is 0. The van der Waals surface area contributed by atoms with Crippen LogP contribution < -0.4 is 14.8 Å². The summed E-state index contributed by atoms with van der Waals surface area (Å²) in [5, 5.41) is 5.98. The van der Waals surface area contributed by atoms with Gasteiger partial charge in [-0.1, -0.05) is 42.5 Å². The molecule has 3 aromatic rings. The molecule has 0 fully saturated rings. The predicted molar refractivity (Wildman–Crippen MR) is 114 cm³/mol. The zero-order valence-electron chi connectivity index (χ0n) is 16.9. The van der Waals surface area contributed by atoms with E-state index in [0.29, 0.717) is 13.2 Å². The van der Waals surface area contributed by atoms with Gasteiger partial charge < -0.3 is 19.5 Å². The van der Waals surface area contributed by atoms with Crippen LogP contribution in [0.4, 0.5) is 0 Å². The molecular weight excluding hydrogens is 350 g/mol. The lowest BCUT2D eigenvalue weighted by Gasteiger charge is -2.15. The molecular formula is C24H29NO3. The molecule has 0 saturated carbocycles. The molecule has 0 bridgehead atoms. The summed E-state index contributed by atoms with van der Waals surface area (Å²) in [6.45, 7) is 6.69. The molecule has 4 nitrogen and oxygen atoms in total. The van der Waals surface area contributed by atoms with Gasteiger partial charge >= 0.3 is 0 Å². The van der Waals surface area contributed by atoms with Crippen LogP contribution in [0.25, 0.3) is 10.8 Å². The van der Waals surface area contributed by atoms with E-state index in [-0.39, 0.29) is 6.10 Å². The van der Waals surface area contributed by atoms with Crippen molar-refractivity contribution in [1.29, 1.82) is 0 Å². The first-order chi connectivity index (χ1) is 13.7. The maximum absolute atomic E-state index is 5.96. The summed E-state index contributed by atoms with van der Waals surface area (Å²) in [5.74, 6) is 1.81. The van der Waals surface area contributed by atoms with Gasteiger partial charge in [0, 0.05) is 25.8 Å². The van der Waals surface area contributed by atoms with E-state index in [2.05, 4.69) is 47.8 Å². The minimum absolute atomic E-state index is 0.187. The highest BCUT2D eigenvalue weighted by atomic mass is 16.5. The molecule has 0 aromatic heterocycles. The lowest BCUT2D eigenvalue weighted by Crippen LogP contribution is -2.15. The number of benzene rings is 3. The van der Waals surface area contributed by atoms with Crippen molar-refractivity contribution >= 4 is 10.8 Å². The van der Waals surface area contributed by atoms with Crippen LogP contribution in [-0.2, 0) is 17.8 Å². The fourth-order valence-corrected chi connectivity index (χ4v) is 3.16. The molecule has 0 saturated heterocycles. The fraction of sp³-hybridized carbons (Fsp3) is 0.333. The highest BCUT2D eigenvalue weighted by Crippen LogP contribution is 2.28. The summed E-state index contributed by atoms with van der Waals surface area (Å²) in [5.41, 5.74) is 2.40. The maximum atomic E-state index is 5.96. The standard InChI is InChI=1S/C24H29NO3/c1-18(2)28-21-11-8-19(9-12-21)16-25-17-23-22-7-5-4-6-20(22)10-13-24(23)27-15-14-26-3/h4-13,18,25H,14-17H2,1-3H3. The van der Waals surface area contributed by atoms with Gasteiger partial charge in [-0.15, -0.1) is 0 Å². The van der Waals surface area contributed by atoms with Gasteiger partial charge in [0.25, 0.3) is 0 Å². The monoisotopic (exact) mass is 379 g/mol. The van der Waals surface area contributed by atoms with Crippen molar-refractivity contribution in [2.24, 2.45) is 0 Å². The molecule has 3 rings (SSSR count). The summed E-state index contributed by atoms with van der Waals surface area (Å²) in [7, 11) is 1.68. The van der Waals surface area contributed by atoms with Crippen molar-refractivity contribution in [2.45, 2.75) is 33.0 Å². The summed E-state index contributed by atoms with van der Waals surface area (Å²) in [6, 6.07) is 20.8. The molecule has 0 spiro atoms. The third-order valence-electron chi connectivity index (χ3n) is 4.47. The Morgan fingerprint density at radius 1 is 0.857 bits per heavy atom. The molecule has 0 atom stereocenters. The molecule has 0 aliphatic rings. The first-order valence-electron chi connectivity index (χ1n) is 9.76. The van der Waals surface area contributed by atoms with Gasteiger partial charge in [-0.05, 0) is 48.4 Å². The topological polar surface area (TPSA) is 39.7 Å². The fourth-order valence-electron chi connectivity index (χ4n) is 3.16. The minimum atomic E-state index is 0.187. The number of nitrogens with one attached hydrogen (secondary N) is 1. The largest absolute Gasteiger partial charge is 0.491 e. The van der Waals surface area contributed by atoms with Gasteiger partial charge in [-0.3, -0.25) is 0 Å². The lowest BCUT2D eigenvalue weighted by molar-refractivity contribution is 0.146. The zero-order valence-corrected chi connectivity index (χ0v) is 16.9. The smallest absolute Gasteiger partial charge is 0.124 e. The van der Waals surface area contributed by atoms with Crippen molar-refractivity contribution < 1.29 is 14.2 Å². The Kier molecular flexibility index (Phi) is 7.29. The van der Waals surface area contributed by atoms with Gasteiger partial charge in [0.05, 0.1) is 12.7 Å². The van der Waals surface area contributed by atoms with Gasteiger partial charge in [-0.25, -0.2) is 0 Å². The molecule has 148 valence electrons. The van der Waals surface area contributed by atoms with Crippen LogP contribution >= 0.6 is 0 Å². The summed E-state index contributed by atoms with van der Waals surface area (Å²) in [6.07, 6.45) is 0.187. The first kappa shape index (κ1) is 20.2. The van der Waals surface area contributed by atoms with Crippen molar-refractivity contribution in [3.8, 4) is 11.5 Å². The van der Waals surface area contributed by atoms with Gasteiger partial charge in [0.2, 0.25) is 0 Å². The number of hydrogen-bond donors (Lipinski definition) is 1. The first-order valence-corrected chi connectivity index (χ1v) is 9.76. The van der Waals surface area contributed by atoms with Gasteiger partial charge in [0.1, 0.15) is 18.1 Å². The van der Waals surface area contributed by atoms with Gasteiger partial charge in [-0.2, -0.15) is 0 Å². The third kappa shape index (κ3) is 5.47. The average Bonchev–Trinajstić information content (AvgIpc) is 2.70. The van der Waals surface area contributed by atoms with E-state index >= 15 is 0 Å². The Bertz CT molecular complexity index is 875. The SMILES string of the molecule is COCCOc1ccc2ccccc2c1CNCc1ccc(OC(C)C)cc1. The van der Waals surface area contributed by atoms with E-state index in [1.807, 2.05) is 32.0 Å². The van der Waals surface area contributed by atoms with E-state index in [0.717, 1.165) is 24.6 Å². The molecule has 0 heterocycles. The Labute approximate surface area is 167 Å². The molecule has 3 aromatic carbocycles. The number of fused-ring (bicyclic) bond motifs is 1. The highest BCUT2D eigenvalue weighted by Gasteiger charge is 2.09. The highest BCUT2D eigenvalue weighted by molar-refractivity contribution is 5.87. The minimum Gasteiger partial charge on any atom is -0.491 e. The van der Waals surface area contributed by atoms with Crippen molar-refractivity contribution in [2.75, 3.05) is 20.3 Å². The second-order valence-electron chi connectivity index (χ2n) is 7.02. The van der Waals surface area contributed by atoms with Crippen LogP contribution in [0.15, 0.2) is 60.7 Å². The quantitative estimate of drug-likeness (QED) is 0.506. The second kappa shape index (κ2) is 10.1. The zero-order chi connectivity index (χ0) is 19.8. The normalized spacial score (nSPS) is 11.1. The van der Waals surface area contributed by atoms with E-state index in [1.54, 1.807) is 7.11 Å². The van der Waals surface area contributed by atoms with Crippen LogP contribution in [0.3, 0.4) is 0 Å². The Balaban J connectivity index is 1.69. The van der Waals surface area contributed by atoms with Crippen molar-refractivity contribution in [3.63, 3.8) is 0 Å². The van der Waals surface area contributed by atoms with Crippen LogP contribution in [0.5, 0.6) is 11.5 Å². The molecule has 0 radical (unpaired) electrons. The number of ether oxygens (including phenoxy) is 3. The summed E-state index contributed by atoms with van der Waals surface area (Å²) < 4.78 is 16.8. The molecule has 0 aliphatic heterocycles. The number of rotatable bonds is 10. The third-order valence-corrected chi connectivity index (χ3v) is 4.47. The van der Waals surface area contributed by atoms with E-state index < -0.39 is 0 Å². The summed E-state index contributed by atoms with van der Waals surface area (Å²) in [4.78, 5) is 0.